The van der Waals surface area contributed by atoms with Crippen molar-refractivity contribution in [2.45, 2.75) is 38.1 Å². The largest absolute Gasteiger partial charge is 0.336 e. The SMILES string of the molecule is CCC1CCCN1C(=O)c1cccc(CCl)c1. The molecule has 1 unspecified atom stereocenters. The number of amides is 1. The van der Waals surface area contributed by atoms with Gasteiger partial charge in [0.05, 0.1) is 0 Å². The highest BCUT2D eigenvalue weighted by molar-refractivity contribution is 6.17. The van der Waals surface area contributed by atoms with E-state index in [1.54, 1.807) is 0 Å². The van der Waals surface area contributed by atoms with Crippen molar-refractivity contribution in [3.05, 3.63) is 35.4 Å². The Kier molecular flexibility index (Phi) is 4.06. The number of halogens is 1. The first kappa shape index (κ1) is 12.4. The summed E-state index contributed by atoms with van der Waals surface area (Å²) in [6.45, 7) is 3.04. The molecule has 1 aliphatic heterocycles. The lowest BCUT2D eigenvalue weighted by atomic mass is 10.1. The minimum atomic E-state index is 0.154. The fraction of sp³-hybridized carbons (Fsp3) is 0.500. The Morgan fingerprint density at radius 3 is 3.06 bits per heavy atom. The minimum absolute atomic E-state index is 0.154. The summed E-state index contributed by atoms with van der Waals surface area (Å²) in [5.41, 5.74) is 1.77. The van der Waals surface area contributed by atoms with Gasteiger partial charge in [-0.2, -0.15) is 0 Å². The number of rotatable bonds is 3. The van der Waals surface area contributed by atoms with E-state index in [1.807, 2.05) is 29.2 Å². The van der Waals surface area contributed by atoms with Crippen molar-refractivity contribution in [1.82, 2.24) is 4.90 Å². The maximum Gasteiger partial charge on any atom is 0.254 e. The molecule has 1 amide bonds. The lowest BCUT2D eigenvalue weighted by molar-refractivity contribution is 0.0733. The number of likely N-dealkylation sites (tertiary alicyclic amines) is 1. The first-order valence-electron chi connectivity index (χ1n) is 6.22. The van der Waals surface area contributed by atoms with Gasteiger partial charge in [-0.25, -0.2) is 0 Å². The van der Waals surface area contributed by atoms with Gasteiger partial charge in [0.1, 0.15) is 0 Å². The van der Waals surface area contributed by atoms with Gasteiger partial charge in [-0.15, -0.1) is 11.6 Å². The van der Waals surface area contributed by atoms with Crippen LogP contribution >= 0.6 is 11.6 Å². The molecule has 1 fully saturated rings. The smallest absolute Gasteiger partial charge is 0.254 e. The second-order valence-electron chi connectivity index (χ2n) is 4.54. The molecular formula is C14H18ClNO. The second-order valence-corrected chi connectivity index (χ2v) is 4.80. The molecule has 0 saturated carbocycles. The van der Waals surface area contributed by atoms with Crippen molar-refractivity contribution in [3.8, 4) is 0 Å². The van der Waals surface area contributed by atoms with E-state index in [2.05, 4.69) is 6.92 Å². The topological polar surface area (TPSA) is 20.3 Å². The van der Waals surface area contributed by atoms with Gasteiger partial charge in [-0.3, -0.25) is 4.79 Å². The van der Waals surface area contributed by atoms with Gasteiger partial charge in [0.15, 0.2) is 0 Å². The fourth-order valence-corrected chi connectivity index (χ4v) is 2.65. The molecule has 1 heterocycles. The maximum atomic E-state index is 12.4. The molecule has 92 valence electrons. The third-order valence-corrected chi connectivity index (χ3v) is 3.75. The Labute approximate surface area is 108 Å². The van der Waals surface area contributed by atoms with Crippen molar-refractivity contribution < 1.29 is 4.79 Å². The number of hydrogen-bond donors (Lipinski definition) is 0. The lowest BCUT2D eigenvalue weighted by Crippen LogP contribution is -2.35. The average molecular weight is 252 g/mol. The van der Waals surface area contributed by atoms with E-state index in [9.17, 15) is 4.79 Å². The summed E-state index contributed by atoms with van der Waals surface area (Å²) >= 11 is 5.79. The van der Waals surface area contributed by atoms with Crippen LogP contribution in [0.4, 0.5) is 0 Å². The zero-order valence-electron chi connectivity index (χ0n) is 10.2. The molecule has 17 heavy (non-hydrogen) atoms. The van der Waals surface area contributed by atoms with Crippen LogP contribution in [0, 0.1) is 0 Å². The highest BCUT2D eigenvalue weighted by Crippen LogP contribution is 2.22. The highest BCUT2D eigenvalue weighted by Gasteiger charge is 2.27. The van der Waals surface area contributed by atoms with Crippen molar-refractivity contribution in [1.29, 1.82) is 0 Å². The zero-order chi connectivity index (χ0) is 12.3. The molecule has 3 heteroatoms. The average Bonchev–Trinajstić information content (AvgIpc) is 2.86. The Hall–Kier alpha value is -1.02. The highest BCUT2D eigenvalue weighted by atomic mass is 35.5. The molecule has 0 N–H and O–H groups in total. The lowest BCUT2D eigenvalue weighted by Gasteiger charge is -2.23. The summed E-state index contributed by atoms with van der Waals surface area (Å²) in [6.07, 6.45) is 3.30. The Morgan fingerprint density at radius 2 is 2.35 bits per heavy atom. The maximum absolute atomic E-state index is 12.4. The molecule has 0 spiro atoms. The normalized spacial score (nSPS) is 19.6. The predicted molar refractivity (Wildman–Crippen MR) is 70.3 cm³/mol. The number of carbonyl (C=O) groups is 1. The Bertz CT molecular complexity index is 405. The summed E-state index contributed by atoms with van der Waals surface area (Å²) in [7, 11) is 0. The van der Waals surface area contributed by atoms with Crippen molar-refractivity contribution in [2.24, 2.45) is 0 Å². The zero-order valence-corrected chi connectivity index (χ0v) is 10.9. The van der Waals surface area contributed by atoms with Gasteiger partial charge in [-0.05, 0) is 37.0 Å². The third-order valence-electron chi connectivity index (χ3n) is 3.44. The summed E-state index contributed by atoms with van der Waals surface area (Å²) in [5, 5.41) is 0. The third kappa shape index (κ3) is 2.63. The van der Waals surface area contributed by atoms with E-state index in [4.69, 9.17) is 11.6 Å². The minimum Gasteiger partial charge on any atom is -0.336 e. The van der Waals surface area contributed by atoms with Crippen molar-refractivity contribution in [2.75, 3.05) is 6.54 Å². The van der Waals surface area contributed by atoms with Gasteiger partial charge >= 0.3 is 0 Å². The van der Waals surface area contributed by atoms with Crippen LogP contribution < -0.4 is 0 Å². The van der Waals surface area contributed by atoms with E-state index in [1.165, 1.54) is 0 Å². The predicted octanol–water partition coefficient (Wildman–Crippen LogP) is 3.44. The van der Waals surface area contributed by atoms with Crippen molar-refractivity contribution in [3.63, 3.8) is 0 Å². The van der Waals surface area contributed by atoms with Crippen LogP contribution in [-0.2, 0) is 5.88 Å². The monoisotopic (exact) mass is 251 g/mol. The molecule has 1 atom stereocenters. The summed E-state index contributed by atoms with van der Waals surface area (Å²) in [5.74, 6) is 0.611. The Balaban J connectivity index is 2.18. The number of nitrogens with zero attached hydrogens (tertiary/aromatic N) is 1. The van der Waals surface area contributed by atoms with E-state index in [0.29, 0.717) is 11.9 Å². The van der Waals surface area contributed by atoms with Crippen LogP contribution in [0.25, 0.3) is 0 Å². The van der Waals surface area contributed by atoms with Gasteiger partial charge in [-0.1, -0.05) is 19.1 Å². The number of alkyl halides is 1. The van der Waals surface area contributed by atoms with Crippen LogP contribution in [0.2, 0.25) is 0 Å². The molecule has 1 saturated heterocycles. The van der Waals surface area contributed by atoms with Crippen LogP contribution in [0.3, 0.4) is 0 Å². The molecule has 1 aromatic rings. The van der Waals surface area contributed by atoms with Gasteiger partial charge in [0, 0.05) is 24.0 Å². The standard InChI is InChI=1S/C14H18ClNO/c1-2-13-7-4-8-16(13)14(17)12-6-3-5-11(9-12)10-15/h3,5-6,9,13H,2,4,7-8,10H2,1H3. The number of hydrogen-bond acceptors (Lipinski definition) is 1. The van der Waals surface area contributed by atoms with Crippen LogP contribution in [0.5, 0.6) is 0 Å². The number of carbonyl (C=O) groups excluding carboxylic acids is 1. The first-order valence-corrected chi connectivity index (χ1v) is 6.75. The second kappa shape index (κ2) is 5.54. The van der Waals surface area contributed by atoms with Gasteiger partial charge < -0.3 is 4.90 Å². The Morgan fingerprint density at radius 1 is 1.53 bits per heavy atom. The molecule has 1 aromatic carbocycles. The molecule has 2 rings (SSSR count). The molecule has 0 radical (unpaired) electrons. The van der Waals surface area contributed by atoms with E-state index in [0.717, 1.165) is 36.9 Å². The first-order chi connectivity index (χ1) is 8.26. The van der Waals surface area contributed by atoms with E-state index < -0.39 is 0 Å². The molecular weight excluding hydrogens is 234 g/mol. The quantitative estimate of drug-likeness (QED) is 0.754. The molecule has 0 bridgehead atoms. The number of benzene rings is 1. The summed E-state index contributed by atoms with van der Waals surface area (Å²) < 4.78 is 0. The molecule has 0 aromatic heterocycles. The van der Waals surface area contributed by atoms with Gasteiger partial charge in [0.2, 0.25) is 0 Å². The molecule has 0 aliphatic carbocycles. The van der Waals surface area contributed by atoms with E-state index >= 15 is 0 Å². The van der Waals surface area contributed by atoms with Crippen LogP contribution in [0.15, 0.2) is 24.3 Å². The van der Waals surface area contributed by atoms with Crippen LogP contribution in [0.1, 0.15) is 42.1 Å². The summed E-state index contributed by atoms with van der Waals surface area (Å²) in [6, 6.07) is 8.05. The summed E-state index contributed by atoms with van der Waals surface area (Å²) in [4.78, 5) is 14.4. The van der Waals surface area contributed by atoms with Crippen molar-refractivity contribution >= 4 is 17.5 Å². The van der Waals surface area contributed by atoms with Crippen LogP contribution in [-0.4, -0.2) is 23.4 Å². The van der Waals surface area contributed by atoms with E-state index in [-0.39, 0.29) is 5.91 Å². The fourth-order valence-electron chi connectivity index (χ4n) is 2.48. The van der Waals surface area contributed by atoms with Gasteiger partial charge in [0.25, 0.3) is 5.91 Å². The molecule has 1 aliphatic rings. The molecule has 2 nitrogen and oxygen atoms in total.